The predicted octanol–water partition coefficient (Wildman–Crippen LogP) is 3.05. The van der Waals surface area contributed by atoms with Gasteiger partial charge in [-0.3, -0.25) is 4.90 Å². The molecule has 1 aliphatic heterocycles. The van der Waals surface area contributed by atoms with E-state index >= 15 is 0 Å². The van der Waals surface area contributed by atoms with Crippen LogP contribution in [0.2, 0.25) is 5.15 Å². The van der Waals surface area contributed by atoms with Crippen LogP contribution in [0.5, 0.6) is 0 Å². The topological polar surface area (TPSA) is 44.8 Å². The zero-order valence-corrected chi connectivity index (χ0v) is 12.8. The minimum absolute atomic E-state index is 0.558. The second kappa shape index (κ2) is 5.60. The first-order chi connectivity index (χ1) is 9.61. The molecule has 0 aromatic carbocycles. The molecule has 0 atom stereocenters. The van der Waals surface area contributed by atoms with Gasteiger partial charge in [-0.15, -0.1) is 0 Å². The van der Waals surface area contributed by atoms with E-state index in [1.165, 1.54) is 11.3 Å². The second-order valence-electron chi connectivity index (χ2n) is 5.06. The van der Waals surface area contributed by atoms with E-state index in [2.05, 4.69) is 25.9 Å². The van der Waals surface area contributed by atoms with Gasteiger partial charge in [-0.2, -0.15) is 0 Å². The molecular weight excluding hydrogens is 292 g/mol. The lowest BCUT2D eigenvalue weighted by Crippen LogP contribution is -2.31. The van der Waals surface area contributed by atoms with Crippen molar-refractivity contribution < 1.29 is 0 Å². The van der Waals surface area contributed by atoms with Crippen LogP contribution in [0.1, 0.15) is 22.5 Å². The van der Waals surface area contributed by atoms with Gasteiger partial charge in [-0.05, 0) is 25.2 Å². The van der Waals surface area contributed by atoms with E-state index < -0.39 is 0 Å². The van der Waals surface area contributed by atoms with Crippen molar-refractivity contribution in [3.8, 4) is 0 Å². The molecule has 0 spiro atoms. The molecular formula is C14H15ClN4S. The van der Waals surface area contributed by atoms with Gasteiger partial charge in [0, 0.05) is 54.8 Å². The maximum absolute atomic E-state index is 6.20. The van der Waals surface area contributed by atoms with E-state index in [1.54, 1.807) is 0 Å². The van der Waals surface area contributed by atoms with Crippen molar-refractivity contribution in [3.63, 3.8) is 0 Å². The quantitative estimate of drug-likeness (QED) is 0.684. The highest BCUT2D eigenvalue weighted by Gasteiger charge is 2.18. The number of nitrogens with zero attached hydrogens (tertiary/aromatic N) is 3. The van der Waals surface area contributed by atoms with Crippen LogP contribution in [0.25, 0.3) is 0 Å². The van der Waals surface area contributed by atoms with Gasteiger partial charge in [0.25, 0.3) is 0 Å². The van der Waals surface area contributed by atoms with Crippen LogP contribution in [0.4, 0.5) is 0 Å². The smallest absolute Gasteiger partial charge is 0.196 e. The number of halogens is 1. The third-order valence-corrected chi connectivity index (χ3v) is 4.05. The molecule has 0 aliphatic carbocycles. The van der Waals surface area contributed by atoms with Gasteiger partial charge in [-0.1, -0.05) is 17.7 Å². The zero-order chi connectivity index (χ0) is 14.1. The van der Waals surface area contributed by atoms with Crippen LogP contribution in [-0.2, 0) is 19.5 Å². The molecule has 0 saturated heterocycles. The Morgan fingerprint density at radius 3 is 3.10 bits per heavy atom. The lowest BCUT2D eigenvalue weighted by Gasteiger charge is -2.28. The molecule has 6 heteroatoms. The van der Waals surface area contributed by atoms with Crippen molar-refractivity contribution in [1.29, 1.82) is 0 Å². The van der Waals surface area contributed by atoms with Crippen LogP contribution in [-0.4, -0.2) is 26.4 Å². The van der Waals surface area contributed by atoms with E-state index in [9.17, 15) is 0 Å². The van der Waals surface area contributed by atoms with Crippen molar-refractivity contribution in [2.75, 3.05) is 6.54 Å². The first kappa shape index (κ1) is 13.7. The normalized spacial score (nSPS) is 15.1. The average Bonchev–Trinajstić information content (AvgIpc) is 2.42. The summed E-state index contributed by atoms with van der Waals surface area (Å²) in [6.07, 6.45) is 2.83. The van der Waals surface area contributed by atoms with E-state index in [0.717, 1.165) is 37.3 Å². The summed E-state index contributed by atoms with van der Waals surface area (Å²) >= 11 is 11.3. The maximum Gasteiger partial charge on any atom is 0.196 e. The standard InChI is InChI=1S/C14H15ClN4S/c1-9-2-3-10(13(15)17-9)7-19-5-4-12-11(8-19)6-16-14(20)18-12/h2-3,6H,4-5,7-8H2,1H3,(H,16,18,20). The van der Waals surface area contributed by atoms with Crippen LogP contribution >= 0.6 is 23.8 Å². The Balaban J connectivity index is 1.77. The molecule has 20 heavy (non-hydrogen) atoms. The van der Waals surface area contributed by atoms with Crippen LogP contribution in [0.15, 0.2) is 18.3 Å². The van der Waals surface area contributed by atoms with Gasteiger partial charge in [0.2, 0.25) is 0 Å². The minimum atomic E-state index is 0.558. The Labute approximate surface area is 127 Å². The molecule has 0 radical (unpaired) electrons. The number of nitrogens with one attached hydrogen (secondary N) is 1. The second-order valence-corrected chi connectivity index (χ2v) is 5.80. The van der Waals surface area contributed by atoms with Gasteiger partial charge >= 0.3 is 0 Å². The largest absolute Gasteiger partial charge is 0.334 e. The Hall–Kier alpha value is -1.30. The molecule has 104 valence electrons. The number of hydrogen-bond acceptors (Lipinski definition) is 4. The Morgan fingerprint density at radius 2 is 2.30 bits per heavy atom. The van der Waals surface area contributed by atoms with E-state index in [-0.39, 0.29) is 0 Å². The first-order valence-electron chi connectivity index (χ1n) is 6.53. The van der Waals surface area contributed by atoms with Gasteiger partial charge in [0.05, 0.1) is 0 Å². The van der Waals surface area contributed by atoms with Gasteiger partial charge in [0.15, 0.2) is 4.77 Å². The summed E-state index contributed by atoms with van der Waals surface area (Å²) in [5.41, 5.74) is 4.42. The number of rotatable bonds is 2. The SMILES string of the molecule is Cc1ccc(CN2CCc3[nH]c(=S)ncc3C2)c(Cl)n1. The molecule has 2 aromatic heterocycles. The summed E-state index contributed by atoms with van der Waals surface area (Å²) in [4.78, 5) is 14.0. The number of aromatic nitrogens is 3. The van der Waals surface area contributed by atoms with Crippen molar-refractivity contribution >= 4 is 23.8 Å². The third kappa shape index (κ3) is 2.90. The van der Waals surface area contributed by atoms with Crippen LogP contribution in [0, 0.1) is 11.7 Å². The summed E-state index contributed by atoms with van der Waals surface area (Å²) in [6.45, 7) is 4.59. The molecule has 0 fully saturated rings. The van der Waals surface area contributed by atoms with Crippen molar-refractivity contribution in [2.24, 2.45) is 0 Å². The first-order valence-corrected chi connectivity index (χ1v) is 7.32. The van der Waals surface area contributed by atoms with E-state index in [0.29, 0.717) is 9.92 Å². The number of fused-ring (bicyclic) bond motifs is 1. The number of aromatic amines is 1. The van der Waals surface area contributed by atoms with Crippen molar-refractivity contribution in [2.45, 2.75) is 26.4 Å². The fraction of sp³-hybridized carbons (Fsp3) is 0.357. The highest BCUT2D eigenvalue weighted by Crippen LogP contribution is 2.21. The summed E-state index contributed by atoms with van der Waals surface area (Å²) in [7, 11) is 0. The molecule has 0 unspecified atom stereocenters. The van der Waals surface area contributed by atoms with Crippen LogP contribution in [0.3, 0.4) is 0 Å². The molecule has 0 bridgehead atoms. The summed E-state index contributed by atoms with van der Waals surface area (Å²) < 4.78 is 0.558. The lowest BCUT2D eigenvalue weighted by atomic mass is 10.1. The number of hydrogen-bond donors (Lipinski definition) is 1. The third-order valence-electron chi connectivity index (χ3n) is 3.51. The fourth-order valence-electron chi connectivity index (χ4n) is 2.45. The highest BCUT2D eigenvalue weighted by molar-refractivity contribution is 7.71. The maximum atomic E-state index is 6.20. The minimum Gasteiger partial charge on any atom is -0.334 e. The molecule has 3 heterocycles. The molecule has 2 aromatic rings. The average molecular weight is 307 g/mol. The van der Waals surface area contributed by atoms with E-state index in [4.69, 9.17) is 23.8 Å². The predicted molar refractivity (Wildman–Crippen MR) is 81.2 cm³/mol. The number of aryl methyl sites for hydroxylation is 1. The summed E-state index contributed by atoms with van der Waals surface area (Å²) in [6, 6.07) is 4.05. The highest BCUT2D eigenvalue weighted by atomic mass is 35.5. The molecule has 3 rings (SSSR count). The van der Waals surface area contributed by atoms with Gasteiger partial charge in [0.1, 0.15) is 5.15 Å². The Kier molecular flexibility index (Phi) is 3.83. The molecule has 4 nitrogen and oxygen atoms in total. The molecule has 1 aliphatic rings. The zero-order valence-electron chi connectivity index (χ0n) is 11.2. The molecule has 0 amide bonds. The summed E-state index contributed by atoms with van der Waals surface area (Å²) in [5, 5.41) is 0.599. The van der Waals surface area contributed by atoms with Crippen molar-refractivity contribution in [3.05, 3.63) is 50.8 Å². The van der Waals surface area contributed by atoms with Gasteiger partial charge in [-0.25, -0.2) is 9.97 Å². The molecule has 1 N–H and O–H groups in total. The van der Waals surface area contributed by atoms with Gasteiger partial charge < -0.3 is 4.98 Å². The number of pyridine rings is 1. The Morgan fingerprint density at radius 1 is 1.45 bits per heavy atom. The van der Waals surface area contributed by atoms with Crippen molar-refractivity contribution in [1.82, 2.24) is 19.9 Å². The molecule has 0 saturated carbocycles. The Bertz CT molecular complexity index is 698. The summed E-state index contributed by atoms with van der Waals surface area (Å²) in [5.74, 6) is 0. The number of H-pyrrole nitrogens is 1. The van der Waals surface area contributed by atoms with Crippen LogP contribution < -0.4 is 0 Å². The fourth-order valence-corrected chi connectivity index (χ4v) is 2.88. The monoisotopic (exact) mass is 306 g/mol. The van der Waals surface area contributed by atoms with E-state index in [1.807, 2.05) is 19.2 Å². The lowest BCUT2D eigenvalue weighted by molar-refractivity contribution is 0.242.